The average Bonchev–Trinajstić information content (AvgIpc) is 2.53. The van der Waals surface area contributed by atoms with Crippen LogP contribution in [0.3, 0.4) is 0 Å². The van der Waals surface area contributed by atoms with Gasteiger partial charge in [0, 0.05) is 24.4 Å². The van der Waals surface area contributed by atoms with Crippen molar-refractivity contribution in [1.29, 1.82) is 0 Å². The van der Waals surface area contributed by atoms with E-state index in [2.05, 4.69) is 16.8 Å². The van der Waals surface area contributed by atoms with Crippen molar-refractivity contribution in [2.24, 2.45) is 5.73 Å². The highest BCUT2D eigenvalue weighted by molar-refractivity contribution is 6.06. The van der Waals surface area contributed by atoms with Crippen LogP contribution in [0.5, 0.6) is 0 Å². The van der Waals surface area contributed by atoms with Crippen LogP contribution in [-0.2, 0) is 0 Å². The third kappa shape index (κ3) is 3.28. The van der Waals surface area contributed by atoms with Crippen LogP contribution in [0.2, 0.25) is 0 Å². The largest absolute Gasteiger partial charge is 0.320 e. The number of pyridine rings is 1. The fourth-order valence-electron chi connectivity index (χ4n) is 2.00. The maximum atomic E-state index is 12.6. The molecule has 0 unspecified atom stereocenters. The van der Waals surface area contributed by atoms with Crippen LogP contribution in [0.1, 0.15) is 21.5 Å². The van der Waals surface area contributed by atoms with E-state index in [1.807, 2.05) is 25.1 Å². The molecule has 0 spiro atoms. The summed E-state index contributed by atoms with van der Waals surface area (Å²) in [4.78, 5) is 18.2. The van der Waals surface area contributed by atoms with Gasteiger partial charge < -0.3 is 10.6 Å². The molecule has 0 saturated heterocycles. The monoisotopic (exact) mass is 279 g/mol. The van der Waals surface area contributed by atoms with Gasteiger partial charge in [-0.1, -0.05) is 17.9 Å². The van der Waals surface area contributed by atoms with Crippen LogP contribution < -0.4 is 10.6 Å². The Balaban J connectivity index is 2.36. The molecule has 1 aromatic carbocycles. The number of carbonyl (C=O) groups excluding carboxylic acids is 1. The number of amides is 1. The van der Waals surface area contributed by atoms with E-state index in [1.54, 1.807) is 36.5 Å². The molecule has 0 aliphatic carbocycles. The van der Waals surface area contributed by atoms with Gasteiger partial charge in [0.25, 0.3) is 5.91 Å². The molecule has 0 aliphatic heterocycles. The molecule has 21 heavy (non-hydrogen) atoms. The summed E-state index contributed by atoms with van der Waals surface area (Å²) in [6.07, 6.45) is 3.33. The SMILES string of the molecule is Cc1c(C#CCN)cccc1C(=O)N(C)c1cccnc1. The fraction of sp³-hybridized carbons (Fsp3) is 0.176. The predicted molar refractivity (Wildman–Crippen MR) is 84.1 cm³/mol. The minimum Gasteiger partial charge on any atom is -0.320 e. The van der Waals surface area contributed by atoms with Crippen molar-refractivity contribution in [2.45, 2.75) is 6.92 Å². The lowest BCUT2D eigenvalue weighted by molar-refractivity contribution is 0.0992. The van der Waals surface area contributed by atoms with Gasteiger partial charge in [0.1, 0.15) is 0 Å². The molecule has 2 aromatic rings. The van der Waals surface area contributed by atoms with Crippen molar-refractivity contribution in [3.05, 3.63) is 59.4 Å². The Morgan fingerprint density at radius 3 is 2.81 bits per heavy atom. The zero-order valence-corrected chi connectivity index (χ0v) is 12.1. The van der Waals surface area contributed by atoms with Gasteiger partial charge in [-0.15, -0.1) is 0 Å². The Bertz CT molecular complexity index is 699. The third-order valence-electron chi connectivity index (χ3n) is 3.23. The Hall–Kier alpha value is -2.64. The molecular formula is C17H17N3O. The number of hydrogen-bond acceptors (Lipinski definition) is 3. The molecule has 1 amide bonds. The Kier molecular flexibility index (Phi) is 4.70. The number of anilines is 1. The molecule has 2 N–H and O–H groups in total. The summed E-state index contributed by atoms with van der Waals surface area (Å²) >= 11 is 0. The predicted octanol–water partition coefficient (Wildman–Crippen LogP) is 1.98. The molecule has 1 aromatic heterocycles. The van der Waals surface area contributed by atoms with E-state index in [-0.39, 0.29) is 5.91 Å². The van der Waals surface area contributed by atoms with E-state index >= 15 is 0 Å². The lowest BCUT2D eigenvalue weighted by atomic mass is 10.0. The van der Waals surface area contributed by atoms with Gasteiger partial charge in [-0.2, -0.15) is 0 Å². The van der Waals surface area contributed by atoms with Crippen molar-refractivity contribution in [3.8, 4) is 11.8 Å². The van der Waals surface area contributed by atoms with Crippen LogP contribution in [0, 0.1) is 18.8 Å². The lowest BCUT2D eigenvalue weighted by Gasteiger charge is -2.18. The van der Waals surface area contributed by atoms with Gasteiger partial charge in [0.2, 0.25) is 0 Å². The zero-order valence-electron chi connectivity index (χ0n) is 12.1. The van der Waals surface area contributed by atoms with Crippen molar-refractivity contribution in [3.63, 3.8) is 0 Å². The van der Waals surface area contributed by atoms with Gasteiger partial charge in [-0.3, -0.25) is 9.78 Å². The van der Waals surface area contributed by atoms with Gasteiger partial charge in [0.05, 0.1) is 18.4 Å². The van der Waals surface area contributed by atoms with Gasteiger partial charge in [-0.05, 0) is 36.8 Å². The Morgan fingerprint density at radius 1 is 1.33 bits per heavy atom. The first-order valence-electron chi connectivity index (χ1n) is 6.61. The van der Waals surface area contributed by atoms with Crippen LogP contribution in [0.4, 0.5) is 5.69 Å². The second kappa shape index (κ2) is 6.69. The quantitative estimate of drug-likeness (QED) is 0.855. The summed E-state index contributed by atoms with van der Waals surface area (Å²) in [5, 5.41) is 0. The highest BCUT2D eigenvalue weighted by atomic mass is 16.2. The second-order valence-electron chi connectivity index (χ2n) is 4.56. The van der Waals surface area contributed by atoms with Gasteiger partial charge >= 0.3 is 0 Å². The summed E-state index contributed by atoms with van der Waals surface area (Å²) in [7, 11) is 1.73. The van der Waals surface area contributed by atoms with Crippen molar-refractivity contribution >= 4 is 11.6 Å². The zero-order chi connectivity index (χ0) is 15.2. The van der Waals surface area contributed by atoms with Crippen molar-refractivity contribution in [1.82, 2.24) is 4.98 Å². The highest BCUT2D eigenvalue weighted by Crippen LogP contribution is 2.18. The molecule has 2 rings (SSSR count). The molecular weight excluding hydrogens is 262 g/mol. The molecule has 0 bridgehead atoms. The number of aromatic nitrogens is 1. The van der Waals surface area contributed by atoms with Gasteiger partial charge in [0.15, 0.2) is 0 Å². The first-order valence-corrected chi connectivity index (χ1v) is 6.61. The van der Waals surface area contributed by atoms with E-state index in [9.17, 15) is 4.79 Å². The van der Waals surface area contributed by atoms with Gasteiger partial charge in [-0.25, -0.2) is 0 Å². The topological polar surface area (TPSA) is 59.2 Å². The number of hydrogen-bond donors (Lipinski definition) is 1. The first kappa shape index (κ1) is 14.8. The number of benzene rings is 1. The average molecular weight is 279 g/mol. The van der Waals surface area contributed by atoms with E-state index < -0.39 is 0 Å². The maximum absolute atomic E-state index is 12.6. The minimum absolute atomic E-state index is 0.0862. The summed E-state index contributed by atoms with van der Waals surface area (Å²) in [6.45, 7) is 2.19. The van der Waals surface area contributed by atoms with E-state index in [0.717, 1.165) is 16.8 Å². The van der Waals surface area contributed by atoms with E-state index in [4.69, 9.17) is 5.73 Å². The molecule has 0 aliphatic rings. The van der Waals surface area contributed by atoms with E-state index in [0.29, 0.717) is 12.1 Å². The molecule has 0 saturated carbocycles. The molecule has 0 fully saturated rings. The molecule has 106 valence electrons. The van der Waals surface area contributed by atoms with Crippen LogP contribution in [0.25, 0.3) is 0 Å². The third-order valence-corrected chi connectivity index (χ3v) is 3.23. The number of rotatable bonds is 2. The van der Waals surface area contributed by atoms with Crippen LogP contribution in [-0.4, -0.2) is 24.5 Å². The summed E-state index contributed by atoms with van der Waals surface area (Å²) in [6, 6.07) is 9.17. The maximum Gasteiger partial charge on any atom is 0.258 e. The smallest absolute Gasteiger partial charge is 0.258 e. The molecule has 0 atom stereocenters. The lowest BCUT2D eigenvalue weighted by Crippen LogP contribution is -2.27. The number of carbonyl (C=O) groups is 1. The van der Waals surface area contributed by atoms with Crippen LogP contribution in [0.15, 0.2) is 42.7 Å². The summed E-state index contributed by atoms with van der Waals surface area (Å²) < 4.78 is 0. The minimum atomic E-state index is -0.0862. The molecule has 4 heteroatoms. The fourth-order valence-corrected chi connectivity index (χ4v) is 2.00. The van der Waals surface area contributed by atoms with Crippen LogP contribution >= 0.6 is 0 Å². The molecule has 0 radical (unpaired) electrons. The number of nitrogens with zero attached hydrogens (tertiary/aromatic N) is 2. The molecule has 1 heterocycles. The number of nitrogens with two attached hydrogens (primary N) is 1. The van der Waals surface area contributed by atoms with E-state index in [1.165, 1.54) is 0 Å². The summed E-state index contributed by atoms with van der Waals surface area (Å²) in [5.41, 5.74) is 8.46. The Morgan fingerprint density at radius 2 is 2.14 bits per heavy atom. The first-order chi connectivity index (χ1) is 10.1. The standard InChI is InChI=1S/C17H17N3O/c1-13-14(7-4-10-18)6-3-9-16(13)17(21)20(2)15-8-5-11-19-12-15/h3,5-6,8-9,11-12H,10,18H2,1-2H3. The summed E-state index contributed by atoms with van der Waals surface area (Å²) in [5.74, 6) is 5.72. The Labute approximate surface area is 124 Å². The molecule has 4 nitrogen and oxygen atoms in total. The second-order valence-corrected chi connectivity index (χ2v) is 4.56. The highest BCUT2D eigenvalue weighted by Gasteiger charge is 2.16. The van der Waals surface area contributed by atoms with Crippen molar-refractivity contribution in [2.75, 3.05) is 18.5 Å². The van der Waals surface area contributed by atoms with Crippen molar-refractivity contribution < 1.29 is 4.79 Å². The normalized spacial score (nSPS) is 9.67.